The van der Waals surface area contributed by atoms with Crippen LogP contribution in [0.15, 0.2) is 28.9 Å². The molecule has 0 radical (unpaired) electrons. The van der Waals surface area contributed by atoms with Gasteiger partial charge in [0, 0.05) is 22.6 Å². The average molecular weight is 296 g/mol. The Balaban J connectivity index is 1.96. The molecule has 0 saturated heterocycles. The zero-order valence-electron chi connectivity index (χ0n) is 11.7. The van der Waals surface area contributed by atoms with E-state index in [0.717, 1.165) is 17.4 Å². The number of rotatable bonds is 1. The fourth-order valence-corrected chi connectivity index (χ4v) is 3.06. The van der Waals surface area contributed by atoms with Gasteiger partial charge in [-0.25, -0.2) is 4.98 Å². The number of hydrogen-bond donors (Lipinski definition) is 0. The SMILES string of the molecule is CC1(C)CC(c2cccc(C(F)(F)F)n2)Cc2cnoc21. The highest BCUT2D eigenvalue weighted by molar-refractivity contribution is 5.30. The van der Waals surface area contributed by atoms with Crippen LogP contribution in [-0.4, -0.2) is 10.1 Å². The average Bonchev–Trinajstić information content (AvgIpc) is 2.86. The van der Waals surface area contributed by atoms with Crippen LogP contribution in [0.5, 0.6) is 0 Å². The molecule has 0 aliphatic heterocycles. The Kier molecular flexibility index (Phi) is 3.07. The summed E-state index contributed by atoms with van der Waals surface area (Å²) in [7, 11) is 0. The van der Waals surface area contributed by atoms with Gasteiger partial charge in [0.15, 0.2) is 0 Å². The van der Waals surface area contributed by atoms with Crippen molar-refractivity contribution in [3.8, 4) is 0 Å². The number of aromatic nitrogens is 2. The van der Waals surface area contributed by atoms with Crippen molar-refractivity contribution in [3.63, 3.8) is 0 Å². The van der Waals surface area contributed by atoms with Crippen molar-refractivity contribution in [2.75, 3.05) is 0 Å². The van der Waals surface area contributed by atoms with Gasteiger partial charge in [-0.1, -0.05) is 25.1 Å². The Morgan fingerprint density at radius 1 is 1.29 bits per heavy atom. The van der Waals surface area contributed by atoms with Crippen LogP contribution in [0.2, 0.25) is 0 Å². The van der Waals surface area contributed by atoms with Gasteiger partial charge in [0.25, 0.3) is 0 Å². The van der Waals surface area contributed by atoms with Gasteiger partial charge in [0.05, 0.1) is 6.20 Å². The fraction of sp³-hybridized carbons (Fsp3) is 0.467. The highest BCUT2D eigenvalue weighted by Gasteiger charge is 2.39. The molecule has 1 unspecified atom stereocenters. The fourth-order valence-electron chi connectivity index (χ4n) is 3.06. The Hall–Kier alpha value is -1.85. The molecule has 1 aliphatic rings. The minimum Gasteiger partial charge on any atom is -0.361 e. The van der Waals surface area contributed by atoms with Crippen LogP contribution < -0.4 is 0 Å². The molecule has 0 amide bonds. The first-order valence-corrected chi connectivity index (χ1v) is 6.75. The van der Waals surface area contributed by atoms with Gasteiger partial charge in [-0.15, -0.1) is 0 Å². The molecule has 6 heteroatoms. The van der Waals surface area contributed by atoms with Crippen LogP contribution in [0.4, 0.5) is 13.2 Å². The molecule has 1 atom stereocenters. The lowest BCUT2D eigenvalue weighted by Gasteiger charge is -2.33. The van der Waals surface area contributed by atoms with Gasteiger partial charge in [-0.05, 0) is 25.0 Å². The lowest BCUT2D eigenvalue weighted by atomic mass is 9.71. The third kappa shape index (κ3) is 2.54. The molecule has 2 heterocycles. The highest BCUT2D eigenvalue weighted by atomic mass is 19.4. The second-order valence-corrected chi connectivity index (χ2v) is 6.11. The predicted octanol–water partition coefficient (Wildman–Crippen LogP) is 4.10. The third-order valence-corrected chi connectivity index (χ3v) is 3.96. The van der Waals surface area contributed by atoms with Gasteiger partial charge >= 0.3 is 6.18 Å². The van der Waals surface area contributed by atoms with Crippen LogP contribution >= 0.6 is 0 Å². The molecule has 0 saturated carbocycles. The van der Waals surface area contributed by atoms with E-state index in [1.807, 2.05) is 13.8 Å². The van der Waals surface area contributed by atoms with E-state index in [-0.39, 0.29) is 11.3 Å². The summed E-state index contributed by atoms with van der Waals surface area (Å²) < 4.78 is 43.7. The minimum absolute atomic E-state index is 0.0609. The van der Waals surface area contributed by atoms with Crippen molar-refractivity contribution >= 4 is 0 Å². The van der Waals surface area contributed by atoms with E-state index < -0.39 is 11.9 Å². The van der Waals surface area contributed by atoms with E-state index in [1.165, 1.54) is 6.07 Å². The molecule has 0 aromatic carbocycles. The molecular weight excluding hydrogens is 281 g/mol. The largest absolute Gasteiger partial charge is 0.433 e. The number of hydrogen-bond acceptors (Lipinski definition) is 3. The Labute approximate surface area is 120 Å². The van der Waals surface area contributed by atoms with E-state index in [2.05, 4.69) is 10.1 Å². The molecule has 0 bridgehead atoms. The number of pyridine rings is 1. The normalized spacial score (nSPS) is 21.1. The molecule has 0 N–H and O–H groups in total. The van der Waals surface area contributed by atoms with Gasteiger partial charge in [-0.2, -0.15) is 13.2 Å². The Bertz CT molecular complexity index is 661. The molecule has 0 spiro atoms. The smallest absolute Gasteiger partial charge is 0.361 e. The zero-order chi connectivity index (χ0) is 15.3. The maximum Gasteiger partial charge on any atom is 0.433 e. The van der Waals surface area contributed by atoms with Crippen LogP contribution in [0.25, 0.3) is 0 Å². The standard InChI is InChI=1S/C15H15F3N2O/c1-14(2)7-9(6-10-8-19-21-13(10)14)11-4-3-5-12(20-11)15(16,17)18/h3-5,8-9H,6-7H2,1-2H3. The van der Waals surface area contributed by atoms with Gasteiger partial charge < -0.3 is 4.52 Å². The molecule has 21 heavy (non-hydrogen) atoms. The number of nitrogens with zero attached hydrogens (tertiary/aromatic N) is 2. The maximum atomic E-state index is 12.8. The monoisotopic (exact) mass is 296 g/mol. The van der Waals surface area contributed by atoms with E-state index in [1.54, 1.807) is 12.3 Å². The zero-order valence-corrected chi connectivity index (χ0v) is 11.7. The first-order chi connectivity index (χ1) is 9.77. The van der Waals surface area contributed by atoms with E-state index in [4.69, 9.17) is 4.52 Å². The van der Waals surface area contributed by atoms with Crippen molar-refractivity contribution in [1.29, 1.82) is 0 Å². The third-order valence-electron chi connectivity index (χ3n) is 3.96. The molecule has 0 fully saturated rings. The summed E-state index contributed by atoms with van der Waals surface area (Å²) in [4.78, 5) is 3.81. The van der Waals surface area contributed by atoms with Crippen LogP contribution in [0, 0.1) is 0 Å². The molecule has 3 nitrogen and oxygen atoms in total. The summed E-state index contributed by atoms with van der Waals surface area (Å²) in [6, 6.07) is 4.08. The quantitative estimate of drug-likeness (QED) is 0.795. The lowest BCUT2D eigenvalue weighted by Crippen LogP contribution is -2.28. The molecule has 3 rings (SSSR count). The van der Waals surface area contributed by atoms with Crippen molar-refractivity contribution in [2.45, 2.75) is 44.2 Å². The first-order valence-electron chi connectivity index (χ1n) is 6.75. The summed E-state index contributed by atoms with van der Waals surface area (Å²) in [5.41, 5.74) is 0.333. The van der Waals surface area contributed by atoms with Crippen molar-refractivity contribution in [3.05, 3.63) is 47.1 Å². The highest BCUT2D eigenvalue weighted by Crippen LogP contribution is 2.43. The minimum atomic E-state index is -4.41. The van der Waals surface area contributed by atoms with Gasteiger partial charge in [0.2, 0.25) is 0 Å². The Morgan fingerprint density at radius 2 is 2.05 bits per heavy atom. The van der Waals surface area contributed by atoms with Gasteiger partial charge in [0.1, 0.15) is 11.5 Å². The number of fused-ring (bicyclic) bond motifs is 1. The maximum absolute atomic E-state index is 12.8. The van der Waals surface area contributed by atoms with Crippen LogP contribution in [0.3, 0.4) is 0 Å². The van der Waals surface area contributed by atoms with E-state index >= 15 is 0 Å². The lowest BCUT2D eigenvalue weighted by molar-refractivity contribution is -0.141. The molecule has 2 aromatic rings. The van der Waals surface area contributed by atoms with Gasteiger partial charge in [-0.3, -0.25) is 0 Å². The molecular formula is C15H15F3N2O. The summed E-state index contributed by atoms with van der Waals surface area (Å²) in [5, 5.41) is 3.81. The first kappa shape index (κ1) is 14.1. The Morgan fingerprint density at radius 3 is 2.76 bits per heavy atom. The van der Waals surface area contributed by atoms with Crippen molar-refractivity contribution in [1.82, 2.24) is 10.1 Å². The van der Waals surface area contributed by atoms with Crippen molar-refractivity contribution in [2.24, 2.45) is 0 Å². The summed E-state index contributed by atoms with van der Waals surface area (Å²) in [6.07, 6.45) is -1.47. The van der Waals surface area contributed by atoms with Crippen LogP contribution in [0.1, 0.15) is 48.9 Å². The molecule has 1 aliphatic carbocycles. The van der Waals surface area contributed by atoms with E-state index in [9.17, 15) is 13.2 Å². The van der Waals surface area contributed by atoms with Crippen LogP contribution in [-0.2, 0) is 18.0 Å². The summed E-state index contributed by atoms with van der Waals surface area (Å²) in [6.45, 7) is 4.02. The van der Waals surface area contributed by atoms with Crippen molar-refractivity contribution < 1.29 is 17.7 Å². The predicted molar refractivity (Wildman–Crippen MR) is 69.8 cm³/mol. The number of halogens is 3. The topological polar surface area (TPSA) is 38.9 Å². The summed E-state index contributed by atoms with van der Waals surface area (Å²) >= 11 is 0. The van der Waals surface area contributed by atoms with E-state index in [0.29, 0.717) is 18.5 Å². The molecule has 112 valence electrons. The summed E-state index contributed by atoms with van der Waals surface area (Å²) in [5.74, 6) is 0.764. The second-order valence-electron chi connectivity index (χ2n) is 6.11. The second kappa shape index (κ2) is 4.58. The number of alkyl halides is 3. The molecule has 2 aromatic heterocycles.